The summed E-state index contributed by atoms with van der Waals surface area (Å²) >= 11 is 6.19. The van der Waals surface area contributed by atoms with Gasteiger partial charge in [-0.2, -0.15) is 0 Å². The summed E-state index contributed by atoms with van der Waals surface area (Å²) in [6, 6.07) is 18.0. The predicted molar refractivity (Wildman–Crippen MR) is 96.6 cm³/mol. The van der Waals surface area contributed by atoms with E-state index in [1.165, 1.54) is 0 Å². The van der Waals surface area contributed by atoms with Crippen LogP contribution in [0.4, 0.5) is 10.5 Å². The fourth-order valence-corrected chi connectivity index (χ4v) is 3.66. The molecule has 5 nitrogen and oxygen atoms in total. The molecule has 1 aromatic heterocycles. The molecule has 5 rings (SSSR count). The molecule has 2 aromatic carbocycles. The van der Waals surface area contributed by atoms with Crippen LogP contribution in [0.2, 0.25) is 5.02 Å². The van der Waals surface area contributed by atoms with Crippen LogP contribution in [0.25, 0.3) is 0 Å². The van der Waals surface area contributed by atoms with Crippen LogP contribution in [-0.4, -0.2) is 11.1 Å². The molecule has 3 heterocycles. The fourth-order valence-electron chi connectivity index (χ4n) is 3.50. The van der Waals surface area contributed by atoms with Crippen molar-refractivity contribution in [2.75, 3.05) is 4.90 Å². The Bertz CT molecular complexity index is 1010. The Balaban J connectivity index is 1.76. The molecule has 1 saturated heterocycles. The molecule has 2 atom stereocenters. The number of amides is 1. The van der Waals surface area contributed by atoms with Gasteiger partial charge >= 0.3 is 6.09 Å². The van der Waals surface area contributed by atoms with Crippen LogP contribution in [0.1, 0.15) is 23.4 Å². The summed E-state index contributed by atoms with van der Waals surface area (Å²) in [6.07, 6.45) is 0.698. The van der Waals surface area contributed by atoms with Gasteiger partial charge in [0, 0.05) is 16.8 Å². The van der Waals surface area contributed by atoms with E-state index in [2.05, 4.69) is 4.98 Å². The van der Waals surface area contributed by atoms with Crippen molar-refractivity contribution in [3.05, 3.63) is 83.1 Å². The molecule has 2 aliphatic heterocycles. The van der Waals surface area contributed by atoms with Crippen molar-refractivity contribution < 1.29 is 14.3 Å². The highest BCUT2D eigenvalue weighted by molar-refractivity contribution is 6.31. The SMILES string of the molecule is O=C1O[C@@H](c2ccccn2)[C@@H]2c3ccccc3Oc3ccc(Cl)cc3N12. The standard InChI is InChI=1S/C20H13ClN2O3/c21-12-8-9-17-15(11-12)23-18(13-5-1-2-7-16(13)25-17)19(26-20(23)24)14-6-3-4-10-22-14/h1-11,18-19H/t18-,19-/m0/s1. The molecule has 1 amide bonds. The molecule has 3 aromatic rings. The summed E-state index contributed by atoms with van der Waals surface area (Å²) in [5.74, 6) is 1.24. The molecule has 2 aliphatic rings. The van der Waals surface area contributed by atoms with Crippen molar-refractivity contribution in [2.45, 2.75) is 12.1 Å². The first-order valence-electron chi connectivity index (χ1n) is 8.19. The summed E-state index contributed by atoms with van der Waals surface area (Å²) in [6.45, 7) is 0. The van der Waals surface area contributed by atoms with Crippen molar-refractivity contribution in [1.29, 1.82) is 0 Å². The molecule has 0 saturated carbocycles. The van der Waals surface area contributed by atoms with E-state index in [0.29, 0.717) is 27.9 Å². The number of cyclic esters (lactones) is 1. The Kier molecular flexibility index (Phi) is 3.36. The highest BCUT2D eigenvalue weighted by Gasteiger charge is 2.48. The van der Waals surface area contributed by atoms with Crippen molar-refractivity contribution in [1.82, 2.24) is 4.98 Å². The first-order chi connectivity index (χ1) is 12.7. The number of halogens is 1. The number of aromatic nitrogens is 1. The lowest BCUT2D eigenvalue weighted by atomic mass is 9.97. The Morgan fingerprint density at radius 1 is 1.00 bits per heavy atom. The summed E-state index contributed by atoms with van der Waals surface area (Å²) in [5.41, 5.74) is 2.14. The highest BCUT2D eigenvalue weighted by atomic mass is 35.5. The maximum atomic E-state index is 12.8. The maximum absolute atomic E-state index is 12.8. The number of fused-ring (bicyclic) bond motifs is 5. The third-order valence-corrected chi connectivity index (χ3v) is 4.84. The number of nitrogens with zero attached hydrogens (tertiary/aromatic N) is 2. The molecule has 26 heavy (non-hydrogen) atoms. The van der Waals surface area contributed by atoms with Gasteiger partial charge in [-0.25, -0.2) is 4.79 Å². The number of para-hydroxylation sites is 1. The largest absolute Gasteiger partial charge is 0.455 e. The van der Waals surface area contributed by atoms with E-state index in [1.54, 1.807) is 29.3 Å². The van der Waals surface area contributed by atoms with E-state index in [4.69, 9.17) is 21.1 Å². The lowest BCUT2D eigenvalue weighted by molar-refractivity contribution is 0.129. The van der Waals surface area contributed by atoms with Crippen molar-refractivity contribution in [3.63, 3.8) is 0 Å². The molecule has 1 fully saturated rings. The normalized spacial score (nSPS) is 20.3. The quantitative estimate of drug-likeness (QED) is 0.589. The van der Waals surface area contributed by atoms with Crippen LogP contribution in [-0.2, 0) is 4.74 Å². The van der Waals surface area contributed by atoms with Gasteiger partial charge in [-0.05, 0) is 36.4 Å². The number of rotatable bonds is 1. The molecule has 0 aliphatic carbocycles. The zero-order chi connectivity index (χ0) is 17.7. The van der Waals surface area contributed by atoms with Crippen LogP contribution in [0, 0.1) is 0 Å². The minimum atomic E-state index is -0.543. The summed E-state index contributed by atoms with van der Waals surface area (Å²) in [7, 11) is 0. The lowest BCUT2D eigenvalue weighted by Gasteiger charge is -2.23. The van der Waals surface area contributed by atoms with Crippen molar-refractivity contribution in [2.24, 2.45) is 0 Å². The number of anilines is 1. The van der Waals surface area contributed by atoms with E-state index in [0.717, 1.165) is 5.56 Å². The van der Waals surface area contributed by atoms with Gasteiger partial charge in [0.1, 0.15) is 11.8 Å². The second kappa shape index (κ2) is 5.75. The Labute approximate surface area is 154 Å². The molecule has 0 bridgehead atoms. The van der Waals surface area contributed by atoms with Crippen LogP contribution < -0.4 is 9.64 Å². The van der Waals surface area contributed by atoms with Crippen LogP contribution >= 0.6 is 11.6 Å². The van der Waals surface area contributed by atoms with E-state index < -0.39 is 18.2 Å². The zero-order valence-electron chi connectivity index (χ0n) is 13.5. The number of pyridine rings is 1. The minimum absolute atomic E-state index is 0.395. The molecule has 6 heteroatoms. The highest BCUT2D eigenvalue weighted by Crippen LogP contribution is 2.53. The Morgan fingerprint density at radius 2 is 1.85 bits per heavy atom. The van der Waals surface area contributed by atoms with Crippen LogP contribution in [0.5, 0.6) is 11.5 Å². The fraction of sp³-hybridized carbons (Fsp3) is 0.100. The molecule has 0 spiro atoms. The molecular weight excluding hydrogens is 352 g/mol. The van der Waals surface area contributed by atoms with E-state index in [-0.39, 0.29) is 0 Å². The summed E-state index contributed by atoms with van der Waals surface area (Å²) in [4.78, 5) is 18.8. The van der Waals surface area contributed by atoms with Gasteiger partial charge in [0.15, 0.2) is 11.9 Å². The van der Waals surface area contributed by atoms with Crippen molar-refractivity contribution in [3.8, 4) is 11.5 Å². The van der Waals surface area contributed by atoms with Gasteiger partial charge in [-0.15, -0.1) is 0 Å². The zero-order valence-corrected chi connectivity index (χ0v) is 14.3. The molecule has 0 radical (unpaired) electrons. The van der Waals surface area contributed by atoms with Gasteiger partial charge in [-0.1, -0.05) is 35.9 Å². The number of carbonyl (C=O) groups excluding carboxylic acids is 1. The average molecular weight is 365 g/mol. The van der Waals surface area contributed by atoms with E-state index in [9.17, 15) is 4.79 Å². The predicted octanol–water partition coefficient (Wildman–Crippen LogP) is 5.28. The molecule has 0 unspecified atom stereocenters. The smallest absolute Gasteiger partial charge is 0.415 e. The van der Waals surface area contributed by atoms with Crippen LogP contribution in [0.15, 0.2) is 66.9 Å². The van der Waals surface area contributed by atoms with Crippen molar-refractivity contribution >= 4 is 23.4 Å². The first kappa shape index (κ1) is 15.2. The second-order valence-corrected chi connectivity index (χ2v) is 6.56. The van der Waals surface area contributed by atoms with E-state index in [1.807, 2.05) is 42.5 Å². The maximum Gasteiger partial charge on any atom is 0.415 e. The number of benzene rings is 2. The lowest BCUT2D eigenvalue weighted by Crippen LogP contribution is -2.27. The minimum Gasteiger partial charge on any atom is -0.455 e. The topological polar surface area (TPSA) is 51.7 Å². The van der Waals surface area contributed by atoms with E-state index >= 15 is 0 Å². The number of carbonyl (C=O) groups is 1. The molecule has 0 N–H and O–H groups in total. The third-order valence-electron chi connectivity index (χ3n) is 4.61. The Morgan fingerprint density at radius 3 is 2.69 bits per heavy atom. The number of ether oxygens (including phenoxy) is 2. The van der Waals surface area contributed by atoms with Gasteiger partial charge in [0.2, 0.25) is 0 Å². The molecule has 128 valence electrons. The number of hydrogen-bond donors (Lipinski definition) is 0. The molecular formula is C20H13ClN2O3. The van der Waals surface area contributed by atoms with Gasteiger partial charge in [-0.3, -0.25) is 9.88 Å². The van der Waals surface area contributed by atoms with Crippen LogP contribution in [0.3, 0.4) is 0 Å². The monoisotopic (exact) mass is 364 g/mol. The first-order valence-corrected chi connectivity index (χ1v) is 8.57. The Hall–Kier alpha value is -3.05. The third kappa shape index (κ3) is 2.24. The average Bonchev–Trinajstić information content (AvgIpc) is 2.93. The van der Waals surface area contributed by atoms with Gasteiger partial charge < -0.3 is 9.47 Å². The second-order valence-electron chi connectivity index (χ2n) is 6.13. The number of hydrogen-bond acceptors (Lipinski definition) is 4. The summed E-state index contributed by atoms with van der Waals surface area (Å²) in [5, 5.41) is 0.520. The van der Waals surface area contributed by atoms with Gasteiger partial charge in [0.25, 0.3) is 0 Å². The van der Waals surface area contributed by atoms with Gasteiger partial charge in [0.05, 0.1) is 11.4 Å². The summed E-state index contributed by atoms with van der Waals surface area (Å²) < 4.78 is 11.8.